The molecule has 2 rings (SSSR count). The zero-order valence-electron chi connectivity index (χ0n) is 10.0. The van der Waals surface area contributed by atoms with Gasteiger partial charge in [-0.2, -0.15) is 0 Å². The average molecular weight is 251 g/mol. The molecule has 1 atom stereocenters. The van der Waals surface area contributed by atoms with Gasteiger partial charge in [0.15, 0.2) is 5.78 Å². The number of aliphatic hydroxyl groups excluding tert-OH is 1. The summed E-state index contributed by atoms with van der Waals surface area (Å²) in [6.07, 6.45) is 0.227. The van der Waals surface area contributed by atoms with Crippen molar-refractivity contribution in [2.24, 2.45) is 5.92 Å². The summed E-state index contributed by atoms with van der Waals surface area (Å²) in [6.45, 7) is 1.58. The molecule has 1 aromatic rings. The molecular weight excluding hydrogens is 237 g/mol. The Morgan fingerprint density at radius 3 is 2.78 bits per heavy atom. The smallest absolute Gasteiger partial charge is 0.227 e. The van der Waals surface area contributed by atoms with Crippen molar-refractivity contribution in [1.82, 2.24) is 0 Å². The number of aliphatic hydroxyl groups is 1. The van der Waals surface area contributed by atoms with Crippen molar-refractivity contribution in [2.45, 2.75) is 13.3 Å². The van der Waals surface area contributed by atoms with E-state index in [0.29, 0.717) is 6.54 Å². The van der Waals surface area contributed by atoms with Crippen molar-refractivity contribution in [3.8, 4) is 0 Å². The van der Waals surface area contributed by atoms with Crippen LogP contribution in [-0.4, -0.2) is 29.9 Å². The molecule has 1 aromatic carbocycles. The molecule has 1 unspecified atom stereocenters. The predicted molar refractivity (Wildman–Crippen MR) is 64.0 cm³/mol. The minimum Gasteiger partial charge on any atom is -0.396 e. The number of anilines is 1. The zero-order valence-corrected chi connectivity index (χ0v) is 10.0. The number of hydrogen-bond acceptors (Lipinski definition) is 3. The molecule has 0 aromatic heterocycles. The van der Waals surface area contributed by atoms with Crippen LogP contribution in [0.15, 0.2) is 18.2 Å². The fourth-order valence-electron chi connectivity index (χ4n) is 2.08. The van der Waals surface area contributed by atoms with E-state index in [4.69, 9.17) is 5.11 Å². The van der Waals surface area contributed by atoms with E-state index in [1.807, 2.05) is 0 Å². The number of rotatable bonds is 3. The lowest BCUT2D eigenvalue weighted by Crippen LogP contribution is -2.26. The summed E-state index contributed by atoms with van der Waals surface area (Å²) in [5.41, 5.74) is 0.447. The Kier molecular flexibility index (Phi) is 3.43. The fourth-order valence-corrected chi connectivity index (χ4v) is 2.08. The third-order valence-corrected chi connectivity index (χ3v) is 3.11. The first-order valence-electron chi connectivity index (χ1n) is 5.74. The first-order valence-corrected chi connectivity index (χ1v) is 5.74. The number of Topliss-reactive ketones (excluding diaryl/α,β-unsaturated/α-hetero) is 1. The van der Waals surface area contributed by atoms with Crippen LogP contribution in [0.1, 0.15) is 23.7 Å². The Hall–Kier alpha value is -1.75. The van der Waals surface area contributed by atoms with Crippen molar-refractivity contribution >= 4 is 17.4 Å². The molecule has 1 saturated heterocycles. The third kappa shape index (κ3) is 2.26. The van der Waals surface area contributed by atoms with Gasteiger partial charge in [0.25, 0.3) is 0 Å². The summed E-state index contributed by atoms with van der Waals surface area (Å²) in [4.78, 5) is 24.1. The molecule has 4 nitrogen and oxygen atoms in total. The van der Waals surface area contributed by atoms with Crippen LogP contribution in [0.3, 0.4) is 0 Å². The maximum atomic E-state index is 13.9. The third-order valence-electron chi connectivity index (χ3n) is 3.11. The minimum absolute atomic E-state index is 0.0879. The minimum atomic E-state index is -0.588. The van der Waals surface area contributed by atoms with Crippen molar-refractivity contribution in [3.05, 3.63) is 29.6 Å². The van der Waals surface area contributed by atoms with Crippen LogP contribution < -0.4 is 4.90 Å². The number of hydrogen-bond donors (Lipinski definition) is 1. The van der Waals surface area contributed by atoms with Gasteiger partial charge in [-0.25, -0.2) is 4.39 Å². The van der Waals surface area contributed by atoms with E-state index in [1.165, 1.54) is 24.0 Å². The molecule has 0 aliphatic carbocycles. The van der Waals surface area contributed by atoms with E-state index < -0.39 is 5.82 Å². The van der Waals surface area contributed by atoms with E-state index >= 15 is 0 Å². The zero-order chi connectivity index (χ0) is 13.3. The number of benzene rings is 1. The highest BCUT2D eigenvalue weighted by Crippen LogP contribution is 2.27. The van der Waals surface area contributed by atoms with Crippen molar-refractivity contribution in [3.63, 3.8) is 0 Å². The Labute approximate surface area is 104 Å². The largest absolute Gasteiger partial charge is 0.396 e. The summed E-state index contributed by atoms with van der Waals surface area (Å²) in [6, 6.07) is 4.07. The number of ketones is 1. The van der Waals surface area contributed by atoms with E-state index in [2.05, 4.69) is 0 Å². The van der Waals surface area contributed by atoms with Crippen molar-refractivity contribution in [2.75, 3.05) is 18.1 Å². The molecule has 1 N–H and O–H groups in total. The summed E-state index contributed by atoms with van der Waals surface area (Å²) in [7, 11) is 0. The Balaban J connectivity index is 2.29. The van der Waals surface area contributed by atoms with Gasteiger partial charge in [0, 0.05) is 31.1 Å². The van der Waals surface area contributed by atoms with E-state index in [9.17, 15) is 14.0 Å². The summed E-state index contributed by atoms with van der Waals surface area (Å²) in [5.74, 6) is -1.16. The van der Waals surface area contributed by atoms with E-state index in [0.717, 1.165) is 6.07 Å². The molecule has 0 bridgehead atoms. The normalized spacial score (nSPS) is 19.4. The van der Waals surface area contributed by atoms with E-state index in [-0.39, 0.29) is 41.9 Å². The van der Waals surface area contributed by atoms with Crippen LogP contribution in [0.4, 0.5) is 10.1 Å². The molecule has 1 fully saturated rings. The highest BCUT2D eigenvalue weighted by Gasteiger charge is 2.31. The predicted octanol–water partition coefficient (Wildman–Crippen LogP) is 1.37. The van der Waals surface area contributed by atoms with Gasteiger partial charge >= 0.3 is 0 Å². The topological polar surface area (TPSA) is 57.6 Å². The SMILES string of the molecule is CC(=O)c1ccc(N2CC(CO)CC2=O)c(F)c1. The lowest BCUT2D eigenvalue weighted by molar-refractivity contribution is -0.117. The molecule has 0 saturated carbocycles. The Morgan fingerprint density at radius 2 is 2.28 bits per heavy atom. The van der Waals surface area contributed by atoms with Gasteiger partial charge in [0.1, 0.15) is 5.82 Å². The second kappa shape index (κ2) is 4.86. The lowest BCUT2D eigenvalue weighted by atomic mass is 10.1. The van der Waals surface area contributed by atoms with Crippen LogP contribution in [0.5, 0.6) is 0 Å². The number of halogens is 1. The first-order chi connectivity index (χ1) is 8.52. The molecule has 96 valence electrons. The summed E-state index contributed by atoms with van der Waals surface area (Å²) < 4.78 is 13.9. The van der Waals surface area contributed by atoms with Crippen molar-refractivity contribution in [1.29, 1.82) is 0 Å². The average Bonchev–Trinajstić information content (AvgIpc) is 2.70. The van der Waals surface area contributed by atoms with Gasteiger partial charge in [-0.05, 0) is 25.1 Å². The summed E-state index contributed by atoms with van der Waals surface area (Å²) >= 11 is 0. The summed E-state index contributed by atoms with van der Waals surface area (Å²) in [5, 5.41) is 9.02. The monoisotopic (exact) mass is 251 g/mol. The molecule has 0 spiro atoms. The van der Waals surface area contributed by atoms with Gasteiger partial charge in [-0.3, -0.25) is 9.59 Å². The van der Waals surface area contributed by atoms with Crippen LogP contribution in [-0.2, 0) is 4.79 Å². The second-order valence-electron chi connectivity index (χ2n) is 4.48. The second-order valence-corrected chi connectivity index (χ2v) is 4.48. The van der Waals surface area contributed by atoms with Crippen LogP contribution in [0.2, 0.25) is 0 Å². The van der Waals surface area contributed by atoms with Crippen molar-refractivity contribution < 1.29 is 19.1 Å². The number of amides is 1. The van der Waals surface area contributed by atoms with Crippen LogP contribution in [0.25, 0.3) is 0 Å². The standard InChI is InChI=1S/C13H14FNO3/c1-8(17)10-2-3-12(11(14)5-10)15-6-9(7-16)4-13(15)18/h2-3,5,9,16H,4,6-7H2,1H3. The van der Waals surface area contributed by atoms with Gasteiger partial charge in [0.05, 0.1) is 5.69 Å². The molecule has 1 amide bonds. The highest BCUT2D eigenvalue weighted by molar-refractivity contribution is 5.97. The Bertz CT molecular complexity index is 501. The van der Waals surface area contributed by atoms with Gasteiger partial charge in [-0.15, -0.1) is 0 Å². The molecule has 1 aliphatic rings. The maximum Gasteiger partial charge on any atom is 0.227 e. The molecule has 18 heavy (non-hydrogen) atoms. The van der Waals surface area contributed by atoms with Crippen LogP contribution >= 0.6 is 0 Å². The number of carbonyl (C=O) groups is 2. The number of carbonyl (C=O) groups excluding carboxylic acids is 2. The lowest BCUT2D eigenvalue weighted by Gasteiger charge is -2.17. The maximum absolute atomic E-state index is 13.9. The van der Waals surface area contributed by atoms with Gasteiger partial charge < -0.3 is 10.0 Å². The molecule has 0 radical (unpaired) electrons. The molecule has 1 aliphatic heterocycles. The Morgan fingerprint density at radius 1 is 1.56 bits per heavy atom. The van der Waals surface area contributed by atoms with Gasteiger partial charge in [-0.1, -0.05) is 0 Å². The number of nitrogens with zero attached hydrogens (tertiary/aromatic N) is 1. The van der Waals surface area contributed by atoms with E-state index in [1.54, 1.807) is 0 Å². The quantitative estimate of drug-likeness (QED) is 0.825. The molecule has 5 heteroatoms. The highest BCUT2D eigenvalue weighted by atomic mass is 19.1. The molecular formula is C13H14FNO3. The first kappa shape index (κ1) is 12.7. The van der Waals surface area contributed by atoms with Gasteiger partial charge in [0.2, 0.25) is 5.91 Å². The van der Waals surface area contributed by atoms with Crippen LogP contribution in [0, 0.1) is 11.7 Å². The fraction of sp³-hybridized carbons (Fsp3) is 0.385. The molecule has 1 heterocycles.